The molecule has 0 radical (unpaired) electrons. The molecule has 6 rings (SSSR count). The van der Waals surface area contributed by atoms with Crippen LogP contribution in [0.4, 0.5) is 11.6 Å². The van der Waals surface area contributed by atoms with Crippen molar-refractivity contribution in [3.05, 3.63) is 44.6 Å². The lowest BCUT2D eigenvalue weighted by Crippen LogP contribution is -2.15. The van der Waals surface area contributed by atoms with Crippen molar-refractivity contribution in [3.8, 4) is 0 Å². The molecule has 0 saturated heterocycles. The van der Waals surface area contributed by atoms with Gasteiger partial charge in [0.05, 0.1) is 0 Å². The minimum Gasteiger partial charge on any atom is -0.369 e. The molecule has 0 aromatic carbocycles. The number of aromatic nitrogens is 2. The number of fused-ring (bicyclic) bond motifs is 4. The Kier molecular flexibility index (Phi) is 4.97. The van der Waals surface area contributed by atoms with Gasteiger partial charge in [0.1, 0.15) is 11.6 Å². The number of rotatable bonds is 2. The van der Waals surface area contributed by atoms with E-state index in [4.69, 9.17) is 0 Å². The normalized spacial score (nSPS) is 31.9. The molecule has 2 aliphatic carbocycles. The van der Waals surface area contributed by atoms with Crippen LogP contribution in [0.15, 0.2) is 33.5 Å². The molecule has 4 atom stereocenters. The summed E-state index contributed by atoms with van der Waals surface area (Å²) < 4.78 is 2.19. The summed E-state index contributed by atoms with van der Waals surface area (Å²) >= 11 is 7.02. The van der Waals surface area contributed by atoms with E-state index in [1.54, 1.807) is 0 Å². The van der Waals surface area contributed by atoms with Gasteiger partial charge in [0.15, 0.2) is 0 Å². The van der Waals surface area contributed by atoms with E-state index in [9.17, 15) is 0 Å². The van der Waals surface area contributed by atoms with Crippen LogP contribution in [0.5, 0.6) is 0 Å². The van der Waals surface area contributed by atoms with Gasteiger partial charge in [0.25, 0.3) is 0 Å². The molecule has 2 spiro atoms. The van der Waals surface area contributed by atoms with Crippen LogP contribution in [0, 0.1) is 23.7 Å². The number of hydrogen-bond acceptors (Lipinski definition) is 4. The summed E-state index contributed by atoms with van der Waals surface area (Å²) in [6.07, 6.45) is 6.39. The van der Waals surface area contributed by atoms with Crippen LogP contribution in [-0.2, 0) is 10.8 Å². The van der Waals surface area contributed by atoms with Crippen LogP contribution >= 0.6 is 31.9 Å². The average Bonchev–Trinajstić information content (AvgIpc) is 3.53. The predicted molar refractivity (Wildman–Crippen MR) is 130 cm³/mol. The molecule has 4 heterocycles. The van der Waals surface area contributed by atoms with Crippen LogP contribution in [0.2, 0.25) is 0 Å². The molecule has 0 bridgehead atoms. The molecule has 2 aromatic rings. The lowest BCUT2D eigenvalue weighted by atomic mass is 9.92. The molecule has 0 amide bonds. The quantitative estimate of drug-likeness (QED) is 0.471. The van der Waals surface area contributed by atoms with Crippen molar-refractivity contribution in [1.82, 2.24) is 9.97 Å². The minimum absolute atomic E-state index is 0.403. The molecule has 6 heteroatoms. The summed E-state index contributed by atoms with van der Waals surface area (Å²) in [7, 11) is 0. The van der Waals surface area contributed by atoms with Crippen LogP contribution in [0.1, 0.15) is 51.7 Å². The molecule has 4 aliphatic rings. The van der Waals surface area contributed by atoms with E-state index < -0.39 is 0 Å². The maximum absolute atomic E-state index is 4.43. The third-order valence-corrected chi connectivity index (χ3v) is 8.67. The Balaban J connectivity index is 0.000000128. The van der Waals surface area contributed by atoms with Gasteiger partial charge in [-0.3, -0.25) is 0 Å². The SMILES string of the molecule is CC(C)[C@@H]1C[C@@]12CNc1ncc(Br)cc12.CC(C)[C@H]1C[C@@]12CNc1ncc(Br)cc12. The van der Waals surface area contributed by atoms with E-state index in [-0.39, 0.29) is 0 Å². The van der Waals surface area contributed by atoms with Gasteiger partial charge in [-0.15, -0.1) is 0 Å². The highest BCUT2D eigenvalue weighted by Gasteiger charge is 2.60. The monoisotopic (exact) mass is 532 g/mol. The van der Waals surface area contributed by atoms with Gasteiger partial charge >= 0.3 is 0 Å². The van der Waals surface area contributed by atoms with E-state index >= 15 is 0 Å². The number of nitrogens with one attached hydrogen (secondary N) is 2. The van der Waals surface area contributed by atoms with Crippen LogP contribution in [0.25, 0.3) is 0 Å². The Morgan fingerprint density at radius 2 is 1.20 bits per heavy atom. The van der Waals surface area contributed by atoms with Crippen molar-refractivity contribution in [3.63, 3.8) is 0 Å². The minimum atomic E-state index is 0.403. The maximum Gasteiger partial charge on any atom is 0.129 e. The summed E-state index contributed by atoms with van der Waals surface area (Å²) in [5.41, 5.74) is 3.66. The van der Waals surface area contributed by atoms with Gasteiger partial charge in [-0.05, 0) is 80.5 Å². The molecule has 2 fully saturated rings. The molecular weight excluding hydrogens is 504 g/mol. The van der Waals surface area contributed by atoms with Gasteiger partial charge in [-0.1, -0.05) is 27.7 Å². The average molecular weight is 534 g/mol. The second-order valence-electron chi connectivity index (χ2n) is 10.2. The summed E-state index contributed by atoms with van der Waals surface area (Å²) in [6.45, 7) is 11.4. The fourth-order valence-electron chi connectivity index (χ4n) is 6.03. The third-order valence-electron chi connectivity index (χ3n) is 7.80. The Hall–Kier alpha value is -1.14. The summed E-state index contributed by atoms with van der Waals surface area (Å²) in [5.74, 6) is 5.42. The fraction of sp³-hybridized carbons (Fsp3) is 0.583. The molecule has 0 unspecified atom stereocenters. The molecule has 30 heavy (non-hydrogen) atoms. The maximum atomic E-state index is 4.43. The van der Waals surface area contributed by atoms with E-state index in [0.717, 1.165) is 57.3 Å². The molecule has 4 nitrogen and oxygen atoms in total. The zero-order valence-electron chi connectivity index (χ0n) is 18.1. The Bertz CT molecular complexity index is 912. The molecule has 2 saturated carbocycles. The first-order chi connectivity index (χ1) is 14.3. The van der Waals surface area contributed by atoms with Crippen molar-refractivity contribution in [2.24, 2.45) is 23.7 Å². The van der Waals surface area contributed by atoms with Crippen molar-refractivity contribution in [2.75, 3.05) is 23.7 Å². The van der Waals surface area contributed by atoms with Crippen LogP contribution < -0.4 is 10.6 Å². The molecular formula is C24H30Br2N4. The highest BCUT2D eigenvalue weighted by molar-refractivity contribution is 9.10. The topological polar surface area (TPSA) is 49.8 Å². The Morgan fingerprint density at radius 1 is 0.800 bits per heavy atom. The number of nitrogens with zero attached hydrogens (tertiary/aromatic N) is 2. The zero-order valence-corrected chi connectivity index (χ0v) is 21.3. The van der Waals surface area contributed by atoms with E-state index in [1.807, 2.05) is 12.4 Å². The summed E-state index contributed by atoms with van der Waals surface area (Å²) in [5, 5.41) is 6.87. The van der Waals surface area contributed by atoms with Crippen molar-refractivity contribution in [1.29, 1.82) is 0 Å². The Labute approximate surface area is 196 Å². The van der Waals surface area contributed by atoms with Gasteiger partial charge in [0, 0.05) is 56.4 Å². The summed E-state index contributed by atoms with van der Waals surface area (Å²) in [6, 6.07) is 4.48. The number of hydrogen-bond donors (Lipinski definition) is 2. The second kappa shape index (κ2) is 7.19. The predicted octanol–water partition coefficient (Wildman–Crippen LogP) is 6.37. The van der Waals surface area contributed by atoms with Gasteiger partial charge < -0.3 is 10.6 Å². The molecule has 2 aliphatic heterocycles. The highest BCUT2D eigenvalue weighted by Crippen LogP contribution is 2.62. The lowest BCUT2D eigenvalue weighted by Gasteiger charge is -2.11. The first kappa shape index (κ1) is 20.7. The fourth-order valence-corrected chi connectivity index (χ4v) is 6.70. The number of anilines is 2. The van der Waals surface area contributed by atoms with Gasteiger partial charge in [-0.2, -0.15) is 0 Å². The van der Waals surface area contributed by atoms with E-state index in [2.05, 4.69) is 92.3 Å². The van der Waals surface area contributed by atoms with Crippen molar-refractivity contribution < 1.29 is 0 Å². The zero-order chi connectivity index (χ0) is 21.3. The van der Waals surface area contributed by atoms with Crippen LogP contribution in [-0.4, -0.2) is 23.1 Å². The first-order valence-electron chi connectivity index (χ1n) is 11.1. The van der Waals surface area contributed by atoms with Crippen molar-refractivity contribution >= 4 is 43.5 Å². The molecule has 160 valence electrons. The standard InChI is InChI=1S/2C12H15BrN2/c2*1-7(2)10-4-12(10)6-15-11-9(12)3-8(13)5-14-11/h2*3,5,7,10H,4,6H2,1-2H3,(H,14,15)/t10-,12+;10-,12-/m10/s1. The summed E-state index contributed by atoms with van der Waals surface area (Å²) in [4.78, 5) is 8.86. The highest BCUT2D eigenvalue weighted by atomic mass is 79.9. The Morgan fingerprint density at radius 3 is 1.53 bits per heavy atom. The third kappa shape index (κ3) is 3.21. The second-order valence-corrected chi connectivity index (χ2v) is 12.1. The van der Waals surface area contributed by atoms with Crippen molar-refractivity contribution in [2.45, 2.75) is 51.4 Å². The van der Waals surface area contributed by atoms with E-state index in [0.29, 0.717) is 10.8 Å². The lowest BCUT2D eigenvalue weighted by molar-refractivity contribution is 0.498. The molecule has 2 aromatic heterocycles. The smallest absolute Gasteiger partial charge is 0.129 e. The number of pyridine rings is 2. The number of halogens is 2. The van der Waals surface area contributed by atoms with Gasteiger partial charge in [0.2, 0.25) is 0 Å². The largest absolute Gasteiger partial charge is 0.369 e. The first-order valence-corrected chi connectivity index (χ1v) is 12.7. The molecule has 2 N–H and O–H groups in total. The van der Waals surface area contributed by atoms with Crippen LogP contribution in [0.3, 0.4) is 0 Å². The van der Waals surface area contributed by atoms with Gasteiger partial charge in [-0.25, -0.2) is 9.97 Å². The van der Waals surface area contributed by atoms with E-state index in [1.165, 1.54) is 24.0 Å².